The van der Waals surface area contributed by atoms with Gasteiger partial charge < -0.3 is 15.0 Å². The molecule has 1 amide bonds. The number of carbonyl (C=O) groups is 1. The molecule has 1 fully saturated rings. The minimum Gasteiger partial charge on any atom is -0.479 e. The third-order valence-electron chi connectivity index (χ3n) is 6.14. The van der Waals surface area contributed by atoms with Gasteiger partial charge in [0.15, 0.2) is 6.10 Å². The molecule has 0 radical (unpaired) electrons. The zero-order chi connectivity index (χ0) is 21.9. The highest BCUT2D eigenvalue weighted by Gasteiger charge is 2.34. The van der Waals surface area contributed by atoms with E-state index in [1.54, 1.807) is 0 Å². The van der Waals surface area contributed by atoms with E-state index in [1.807, 2.05) is 35.4 Å². The summed E-state index contributed by atoms with van der Waals surface area (Å²) in [5.74, 6) is 0.825. The van der Waals surface area contributed by atoms with Gasteiger partial charge in [0.05, 0.1) is 0 Å². The quantitative estimate of drug-likeness (QED) is 0.644. The number of aryl methyl sites for hydroxylation is 2. The number of nitrogens with one attached hydrogen (secondary N) is 1. The van der Waals surface area contributed by atoms with Crippen molar-refractivity contribution in [3.8, 4) is 16.9 Å². The Hall–Kier alpha value is -2.89. The molecule has 2 aliphatic heterocycles. The standard InChI is InChI=1S/C26H26ClN3O2/c27-21-14-20-16-24(26(31)30-12-10-28-11-13-30)32-25(20)23(17-21)19-8-9-29-22(15-19)7-6-18-4-2-1-3-5-18/h1-5,8-9,14-15,17,24,28H,6-7,10-13,16H2. The van der Waals surface area contributed by atoms with Gasteiger partial charge in [-0.3, -0.25) is 9.78 Å². The molecule has 6 heteroatoms. The summed E-state index contributed by atoms with van der Waals surface area (Å²) < 4.78 is 6.24. The smallest absolute Gasteiger partial charge is 0.264 e. The Bertz CT molecular complexity index is 1110. The third kappa shape index (κ3) is 4.50. The fourth-order valence-corrected chi connectivity index (χ4v) is 4.71. The number of carbonyl (C=O) groups excluding carboxylic acids is 1. The minimum atomic E-state index is -0.486. The van der Waals surface area contributed by atoms with E-state index in [0.717, 1.165) is 67.2 Å². The van der Waals surface area contributed by atoms with E-state index >= 15 is 0 Å². The van der Waals surface area contributed by atoms with Gasteiger partial charge >= 0.3 is 0 Å². The van der Waals surface area contributed by atoms with Gasteiger partial charge in [-0.1, -0.05) is 41.9 Å². The number of aromatic nitrogens is 1. The summed E-state index contributed by atoms with van der Waals surface area (Å²) in [6.07, 6.45) is 3.69. The van der Waals surface area contributed by atoms with Crippen LogP contribution in [0, 0.1) is 0 Å². The summed E-state index contributed by atoms with van der Waals surface area (Å²) in [6.45, 7) is 3.09. The SMILES string of the molecule is O=C(C1Cc2cc(Cl)cc(-c3ccnc(CCc4ccccc4)c3)c2O1)N1CCNCC1. The van der Waals surface area contributed by atoms with Gasteiger partial charge in [0.1, 0.15) is 5.75 Å². The molecule has 1 atom stereocenters. The highest BCUT2D eigenvalue weighted by molar-refractivity contribution is 6.31. The fraction of sp³-hybridized carbons (Fsp3) is 0.308. The number of hydrogen-bond acceptors (Lipinski definition) is 4. The molecular weight excluding hydrogens is 422 g/mol. The summed E-state index contributed by atoms with van der Waals surface area (Å²) in [4.78, 5) is 19.5. The van der Waals surface area contributed by atoms with E-state index in [0.29, 0.717) is 11.4 Å². The van der Waals surface area contributed by atoms with Crippen LogP contribution in [0.1, 0.15) is 16.8 Å². The maximum absolute atomic E-state index is 13.0. The molecule has 32 heavy (non-hydrogen) atoms. The van der Waals surface area contributed by atoms with Crippen molar-refractivity contribution in [3.05, 3.63) is 82.6 Å². The van der Waals surface area contributed by atoms with Crippen LogP contribution in [0.25, 0.3) is 11.1 Å². The number of amides is 1. The van der Waals surface area contributed by atoms with Crippen molar-refractivity contribution >= 4 is 17.5 Å². The van der Waals surface area contributed by atoms with Crippen molar-refractivity contribution in [1.82, 2.24) is 15.2 Å². The predicted octanol–water partition coefficient (Wildman–Crippen LogP) is 3.92. The fourth-order valence-electron chi connectivity index (χ4n) is 4.47. The third-order valence-corrected chi connectivity index (χ3v) is 6.36. The average molecular weight is 448 g/mol. The molecule has 164 valence electrons. The number of halogens is 1. The Labute approximate surface area is 193 Å². The van der Waals surface area contributed by atoms with Crippen LogP contribution in [0.4, 0.5) is 0 Å². The summed E-state index contributed by atoms with van der Waals surface area (Å²) in [6, 6.07) is 18.3. The van der Waals surface area contributed by atoms with E-state index < -0.39 is 6.10 Å². The molecule has 0 aliphatic carbocycles. The molecule has 2 aliphatic rings. The first-order chi connectivity index (χ1) is 15.7. The first kappa shape index (κ1) is 21.0. The van der Waals surface area contributed by atoms with Gasteiger partial charge in [0, 0.05) is 60.6 Å². The number of rotatable bonds is 5. The summed E-state index contributed by atoms with van der Waals surface area (Å²) >= 11 is 6.46. The van der Waals surface area contributed by atoms with Crippen molar-refractivity contribution in [2.75, 3.05) is 26.2 Å². The molecule has 2 aromatic carbocycles. The molecule has 5 nitrogen and oxygen atoms in total. The lowest BCUT2D eigenvalue weighted by Gasteiger charge is -2.29. The Morgan fingerprint density at radius 3 is 2.72 bits per heavy atom. The lowest BCUT2D eigenvalue weighted by molar-refractivity contribution is -0.138. The van der Waals surface area contributed by atoms with E-state index in [2.05, 4.69) is 40.6 Å². The van der Waals surface area contributed by atoms with Gasteiger partial charge in [-0.15, -0.1) is 0 Å². The molecule has 3 heterocycles. The number of piperazine rings is 1. The number of hydrogen-bond donors (Lipinski definition) is 1. The number of ether oxygens (including phenoxy) is 1. The van der Waals surface area contributed by atoms with Crippen LogP contribution in [0.15, 0.2) is 60.8 Å². The van der Waals surface area contributed by atoms with Gasteiger partial charge in [0.25, 0.3) is 5.91 Å². The molecule has 3 aromatic rings. The minimum absolute atomic E-state index is 0.0584. The van der Waals surface area contributed by atoms with Crippen molar-refractivity contribution in [3.63, 3.8) is 0 Å². The van der Waals surface area contributed by atoms with Gasteiger partial charge in [-0.2, -0.15) is 0 Å². The van der Waals surface area contributed by atoms with Gasteiger partial charge in [-0.25, -0.2) is 0 Å². The summed E-state index contributed by atoms with van der Waals surface area (Å²) in [5.41, 5.74) is 5.24. The Morgan fingerprint density at radius 2 is 1.91 bits per heavy atom. The van der Waals surface area contributed by atoms with Crippen molar-refractivity contribution < 1.29 is 9.53 Å². The lowest BCUT2D eigenvalue weighted by Crippen LogP contribution is -2.50. The highest BCUT2D eigenvalue weighted by atomic mass is 35.5. The van der Waals surface area contributed by atoms with Gasteiger partial charge in [0.2, 0.25) is 0 Å². The highest BCUT2D eigenvalue weighted by Crippen LogP contribution is 2.41. The van der Waals surface area contributed by atoms with Gasteiger partial charge in [-0.05, 0) is 48.2 Å². The second-order valence-corrected chi connectivity index (χ2v) is 8.79. The van der Waals surface area contributed by atoms with Crippen LogP contribution in [-0.2, 0) is 24.1 Å². The van der Waals surface area contributed by atoms with Crippen molar-refractivity contribution in [2.45, 2.75) is 25.4 Å². The van der Waals surface area contributed by atoms with Crippen LogP contribution >= 0.6 is 11.6 Å². The molecule has 1 aromatic heterocycles. The number of nitrogens with zero attached hydrogens (tertiary/aromatic N) is 2. The monoisotopic (exact) mass is 447 g/mol. The first-order valence-electron chi connectivity index (χ1n) is 11.2. The second-order valence-electron chi connectivity index (χ2n) is 8.35. The zero-order valence-electron chi connectivity index (χ0n) is 17.9. The van der Waals surface area contributed by atoms with Crippen LogP contribution in [-0.4, -0.2) is 48.1 Å². The number of fused-ring (bicyclic) bond motifs is 1. The molecule has 1 unspecified atom stereocenters. The first-order valence-corrected chi connectivity index (χ1v) is 11.5. The summed E-state index contributed by atoms with van der Waals surface area (Å²) in [5, 5.41) is 3.94. The molecule has 0 saturated carbocycles. The van der Waals surface area contributed by atoms with Crippen LogP contribution in [0.3, 0.4) is 0 Å². The molecule has 0 spiro atoms. The van der Waals surface area contributed by atoms with Crippen molar-refractivity contribution in [2.24, 2.45) is 0 Å². The largest absolute Gasteiger partial charge is 0.479 e. The van der Waals surface area contributed by atoms with E-state index in [9.17, 15) is 4.79 Å². The maximum Gasteiger partial charge on any atom is 0.264 e. The Balaban J connectivity index is 1.37. The molecule has 5 rings (SSSR count). The second kappa shape index (κ2) is 9.31. The molecular formula is C26H26ClN3O2. The zero-order valence-corrected chi connectivity index (χ0v) is 18.6. The van der Waals surface area contributed by atoms with Crippen LogP contribution in [0.2, 0.25) is 5.02 Å². The Morgan fingerprint density at radius 1 is 1.09 bits per heavy atom. The molecule has 0 bridgehead atoms. The molecule has 1 saturated heterocycles. The van der Waals surface area contributed by atoms with E-state index in [4.69, 9.17) is 16.3 Å². The summed E-state index contributed by atoms with van der Waals surface area (Å²) in [7, 11) is 0. The van der Waals surface area contributed by atoms with E-state index in [-0.39, 0.29) is 5.91 Å². The Kier molecular flexibility index (Phi) is 6.10. The number of benzene rings is 2. The number of pyridine rings is 1. The topological polar surface area (TPSA) is 54.5 Å². The normalized spacial score (nSPS) is 17.7. The maximum atomic E-state index is 13.0. The lowest BCUT2D eigenvalue weighted by atomic mass is 9.99. The molecule has 1 N–H and O–H groups in total. The van der Waals surface area contributed by atoms with Crippen LogP contribution in [0.5, 0.6) is 5.75 Å². The van der Waals surface area contributed by atoms with E-state index in [1.165, 1.54) is 5.56 Å². The average Bonchev–Trinajstić information content (AvgIpc) is 3.27. The predicted molar refractivity (Wildman–Crippen MR) is 126 cm³/mol. The van der Waals surface area contributed by atoms with Crippen LogP contribution < -0.4 is 10.1 Å². The van der Waals surface area contributed by atoms with Crippen molar-refractivity contribution in [1.29, 1.82) is 0 Å².